The molecular weight excluding hydrogens is 344 g/mol. The lowest BCUT2D eigenvalue weighted by molar-refractivity contribution is -0.115. The van der Waals surface area contributed by atoms with Crippen LogP contribution in [0.4, 0.5) is 5.69 Å². The smallest absolute Gasteiger partial charge is 0.264 e. The molecule has 0 aromatic heterocycles. The minimum Gasteiger partial charge on any atom is -0.506 e. The lowest BCUT2D eigenvalue weighted by atomic mass is 10.0. The summed E-state index contributed by atoms with van der Waals surface area (Å²) in [6.07, 6.45) is 1.88. The maximum atomic E-state index is 12.3. The number of nitrogens with one attached hydrogen (secondary N) is 1. The van der Waals surface area contributed by atoms with Gasteiger partial charge in [0.1, 0.15) is 11.4 Å². The summed E-state index contributed by atoms with van der Waals surface area (Å²) in [6, 6.07) is 19.3. The number of aromatic hydroxyl groups is 1. The van der Waals surface area contributed by atoms with Gasteiger partial charge in [-0.1, -0.05) is 48.5 Å². The Kier molecular flexibility index (Phi) is 4.22. The van der Waals surface area contributed by atoms with Crippen LogP contribution in [0.2, 0.25) is 0 Å². The summed E-state index contributed by atoms with van der Waals surface area (Å²) in [5.74, 6) is -0.0988. The molecule has 0 radical (unpaired) electrons. The van der Waals surface area contributed by atoms with Crippen molar-refractivity contribution in [3.63, 3.8) is 0 Å². The highest BCUT2D eigenvalue weighted by molar-refractivity contribution is 8.18. The van der Waals surface area contributed by atoms with E-state index in [0.29, 0.717) is 15.8 Å². The molecule has 1 aliphatic rings. The topological polar surface area (TPSA) is 61.7 Å². The number of nitrogens with zero attached hydrogens (tertiary/aromatic N) is 1. The Morgan fingerprint density at radius 2 is 1.88 bits per heavy atom. The first-order chi connectivity index (χ1) is 12.6. The predicted molar refractivity (Wildman–Crippen MR) is 108 cm³/mol. The molecule has 0 spiro atoms. The van der Waals surface area contributed by atoms with Gasteiger partial charge in [-0.25, -0.2) is 4.99 Å². The van der Waals surface area contributed by atoms with Gasteiger partial charge < -0.3 is 10.4 Å². The zero-order valence-corrected chi connectivity index (χ0v) is 14.9. The van der Waals surface area contributed by atoms with Crippen molar-refractivity contribution < 1.29 is 9.90 Å². The molecule has 0 aliphatic carbocycles. The van der Waals surface area contributed by atoms with E-state index in [1.54, 1.807) is 12.1 Å². The number of thioether (sulfide) groups is 1. The van der Waals surface area contributed by atoms with Crippen LogP contribution in [0.3, 0.4) is 0 Å². The fourth-order valence-corrected chi connectivity index (χ4v) is 3.66. The standard InChI is InChI=1S/C21H16N2O2S/c1-13-9-10-18(24)17(11-13)22-21-23-20(25)19(26-21)12-15-7-4-6-14-5-2-3-8-16(14)15/h2-12,24H,1H3,(H,22,23,25)/b19-12-. The number of carbonyl (C=O) groups is 1. The number of aliphatic imine (C=N–C) groups is 1. The lowest BCUT2D eigenvalue weighted by Crippen LogP contribution is -2.19. The van der Waals surface area contributed by atoms with E-state index in [9.17, 15) is 9.90 Å². The van der Waals surface area contributed by atoms with Crippen LogP contribution < -0.4 is 5.32 Å². The highest BCUT2D eigenvalue weighted by Crippen LogP contribution is 2.33. The second-order valence-corrected chi connectivity index (χ2v) is 7.07. The van der Waals surface area contributed by atoms with Crippen LogP contribution in [0.1, 0.15) is 11.1 Å². The Morgan fingerprint density at radius 3 is 2.77 bits per heavy atom. The van der Waals surface area contributed by atoms with E-state index in [4.69, 9.17) is 0 Å². The van der Waals surface area contributed by atoms with Crippen molar-refractivity contribution in [2.24, 2.45) is 4.99 Å². The Balaban J connectivity index is 1.69. The molecule has 0 atom stereocenters. The first-order valence-corrected chi connectivity index (χ1v) is 8.99. The molecule has 4 nitrogen and oxygen atoms in total. The minimum atomic E-state index is -0.186. The highest BCUT2D eigenvalue weighted by Gasteiger charge is 2.24. The molecule has 3 aromatic carbocycles. The summed E-state index contributed by atoms with van der Waals surface area (Å²) in [5.41, 5.74) is 2.42. The van der Waals surface area contributed by atoms with E-state index in [1.807, 2.05) is 61.5 Å². The van der Waals surface area contributed by atoms with E-state index in [2.05, 4.69) is 10.3 Å². The number of aryl methyl sites for hydroxylation is 1. The minimum absolute atomic E-state index is 0.0874. The predicted octanol–water partition coefficient (Wildman–Crippen LogP) is 4.75. The third-order valence-corrected chi connectivity index (χ3v) is 5.02. The van der Waals surface area contributed by atoms with Gasteiger partial charge in [0.05, 0.1) is 4.91 Å². The number of fused-ring (bicyclic) bond motifs is 1. The molecule has 5 heteroatoms. The van der Waals surface area contributed by atoms with Gasteiger partial charge in [-0.3, -0.25) is 4.79 Å². The molecule has 1 saturated heterocycles. The summed E-state index contributed by atoms with van der Waals surface area (Å²) in [5, 5.41) is 15.4. The summed E-state index contributed by atoms with van der Waals surface area (Å²) >= 11 is 1.27. The largest absolute Gasteiger partial charge is 0.506 e. The van der Waals surface area contributed by atoms with Gasteiger partial charge in [0.15, 0.2) is 5.17 Å². The van der Waals surface area contributed by atoms with Gasteiger partial charge in [-0.15, -0.1) is 0 Å². The van der Waals surface area contributed by atoms with Gasteiger partial charge in [0.2, 0.25) is 0 Å². The number of phenolic OH excluding ortho intramolecular Hbond substituents is 1. The van der Waals surface area contributed by atoms with Crippen molar-refractivity contribution in [2.75, 3.05) is 0 Å². The molecular formula is C21H16N2O2S. The van der Waals surface area contributed by atoms with Crippen LogP contribution in [0.15, 0.2) is 70.6 Å². The summed E-state index contributed by atoms with van der Waals surface area (Å²) in [4.78, 5) is 17.3. The van der Waals surface area contributed by atoms with Crippen LogP contribution in [0, 0.1) is 6.92 Å². The number of phenols is 1. The number of benzene rings is 3. The van der Waals surface area contributed by atoms with Crippen LogP contribution >= 0.6 is 11.8 Å². The Morgan fingerprint density at radius 1 is 1.08 bits per heavy atom. The average molecular weight is 360 g/mol. The third-order valence-electron chi connectivity index (χ3n) is 4.11. The first-order valence-electron chi connectivity index (χ1n) is 8.17. The number of carbonyl (C=O) groups excluding carboxylic acids is 1. The summed E-state index contributed by atoms with van der Waals surface area (Å²) in [6.45, 7) is 1.93. The Hall–Kier alpha value is -3.05. The maximum absolute atomic E-state index is 12.3. The first kappa shape index (κ1) is 16.4. The third kappa shape index (κ3) is 3.21. The van der Waals surface area contributed by atoms with Crippen molar-refractivity contribution in [1.29, 1.82) is 0 Å². The van der Waals surface area contributed by atoms with Gasteiger partial charge in [0, 0.05) is 0 Å². The number of amides is 1. The van der Waals surface area contributed by atoms with Crippen LogP contribution in [-0.4, -0.2) is 16.2 Å². The molecule has 1 fully saturated rings. The lowest BCUT2D eigenvalue weighted by Gasteiger charge is -2.02. The molecule has 0 bridgehead atoms. The number of amidine groups is 1. The quantitative estimate of drug-likeness (QED) is 0.649. The summed E-state index contributed by atoms with van der Waals surface area (Å²) < 4.78 is 0. The highest BCUT2D eigenvalue weighted by atomic mass is 32.2. The van der Waals surface area contributed by atoms with Crippen LogP contribution in [-0.2, 0) is 4.79 Å². The number of hydrogen-bond donors (Lipinski definition) is 2. The van der Waals surface area contributed by atoms with Crippen molar-refractivity contribution in [3.05, 3.63) is 76.7 Å². The molecule has 1 heterocycles. The van der Waals surface area contributed by atoms with Gasteiger partial charge in [-0.2, -0.15) is 0 Å². The van der Waals surface area contributed by atoms with Gasteiger partial charge in [0.25, 0.3) is 5.91 Å². The van der Waals surface area contributed by atoms with Gasteiger partial charge >= 0.3 is 0 Å². The van der Waals surface area contributed by atoms with Crippen molar-refractivity contribution in [2.45, 2.75) is 6.92 Å². The molecule has 3 aromatic rings. The Bertz CT molecular complexity index is 1080. The van der Waals surface area contributed by atoms with Crippen molar-refractivity contribution in [3.8, 4) is 5.75 Å². The fraction of sp³-hybridized carbons (Fsp3) is 0.0476. The average Bonchev–Trinajstić information content (AvgIpc) is 2.98. The van der Waals surface area contributed by atoms with E-state index < -0.39 is 0 Å². The zero-order chi connectivity index (χ0) is 18.1. The second kappa shape index (κ2) is 6.69. The van der Waals surface area contributed by atoms with Crippen LogP contribution in [0.5, 0.6) is 5.75 Å². The molecule has 2 N–H and O–H groups in total. The fourth-order valence-electron chi connectivity index (χ4n) is 2.83. The zero-order valence-electron chi connectivity index (χ0n) is 14.1. The molecule has 128 valence electrons. The van der Waals surface area contributed by atoms with Gasteiger partial charge in [-0.05, 0) is 58.8 Å². The van der Waals surface area contributed by atoms with E-state index in [1.165, 1.54) is 11.8 Å². The molecule has 26 heavy (non-hydrogen) atoms. The Labute approximate surface area is 155 Å². The molecule has 1 amide bonds. The summed E-state index contributed by atoms with van der Waals surface area (Å²) in [7, 11) is 0. The molecule has 1 aliphatic heterocycles. The maximum Gasteiger partial charge on any atom is 0.264 e. The SMILES string of the molecule is Cc1ccc(O)c(N=C2NC(=O)/C(=C/c3cccc4ccccc34)S2)c1. The van der Waals surface area contributed by atoms with Crippen molar-refractivity contribution >= 4 is 45.4 Å². The second-order valence-electron chi connectivity index (χ2n) is 6.04. The van der Waals surface area contributed by atoms with Crippen molar-refractivity contribution in [1.82, 2.24) is 5.32 Å². The van der Waals surface area contributed by atoms with E-state index >= 15 is 0 Å². The molecule has 4 rings (SSSR count). The molecule has 0 unspecified atom stereocenters. The number of rotatable bonds is 2. The monoisotopic (exact) mass is 360 g/mol. The van der Waals surface area contributed by atoms with E-state index in [0.717, 1.165) is 21.9 Å². The molecule has 0 saturated carbocycles. The normalized spacial score (nSPS) is 17.2. The van der Waals surface area contributed by atoms with Crippen LogP contribution in [0.25, 0.3) is 16.8 Å². The van der Waals surface area contributed by atoms with E-state index in [-0.39, 0.29) is 11.7 Å². The number of hydrogen-bond acceptors (Lipinski definition) is 4.